The summed E-state index contributed by atoms with van der Waals surface area (Å²) in [5.41, 5.74) is -0.351. The summed E-state index contributed by atoms with van der Waals surface area (Å²) in [6.07, 6.45) is 5.60. The lowest BCUT2D eigenvalue weighted by molar-refractivity contribution is -0.249. The zero-order valence-electron chi connectivity index (χ0n) is 20.7. The summed E-state index contributed by atoms with van der Waals surface area (Å²) in [5.74, 6) is -10.7. The van der Waals surface area contributed by atoms with Crippen LogP contribution in [-0.2, 0) is 20.2 Å². The third kappa shape index (κ3) is 7.53. The van der Waals surface area contributed by atoms with Gasteiger partial charge < -0.3 is 14.6 Å². The van der Waals surface area contributed by atoms with Gasteiger partial charge in [-0.05, 0) is 37.2 Å². The average Bonchev–Trinajstić information content (AvgIpc) is 2.86. The van der Waals surface area contributed by atoms with E-state index < -0.39 is 41.8 Å². The fourth-order valence-electron chi connectivity index (χ4n) is 4.69. The van der Waals surface area contributed by atoms with Crippen LogP contribution in [0.25, 0.3) is 0 Å². The van der Waals surface area contributed by atoms with Crippen LogP contribution in [0.2, 0.25) is 0 Å². The SMILES string of the molecule is C=C(CO)C(=O)OCC(COC)c1ccc(C(F)(F)C(F)(F)C2CCC(CCCCC)CC2)cc1. The molecule has 4 nitrogen and oxygen atoms in total. The van der Waals surface area contributed by atoms with Crippen LogP contribution in [0, 0.1) is 11.8 Å². The van der Waals surface area contributed by atoms with Gasteiger partial charge in [0.15, 0.2) is 0 Å². The molecule has 1 aliphatic rings. The molecule has 0 heterocycles. The summed E-state index contributed by atoms with van der Waals surface area (Å²) in [6, 6.07) is 4.69. The second-order valence-electron chi connectivity index (χ2n) is 9.55. The normalized spacial score (nSPS) is 19.9. The smallest absolute Gasteiger partial charge is 0.335 e. The van der Waals surface area contributed by atoms with E-state index in [1.54, 1.807) is 0 Å². The fourth-order valence-corrected chi connectivity index (χ4v) is 4.69. The van der Waals surface area contributed by atoms with Gasteiger partial charge in [-0.2, -0.15) is 17.6 Å². The molecule has 1 saturated carbocycles. The number of aliphatic hydroxyl groups is 1. The van der Waals surface area contributed by atoms with Crippen molar-refractivity contribution in [3.05, 3.63) is 47.5 Å². The zero-order chi connectivity index (χ0) is 26.1. The molecule has 1 unspecified atom stereocenters. The van der Waals surface area contributed by atoms with Crippen LogP contribution in [0.15, 0.2) is 36.4 Å². The van der Waals surface area contributed by atoms with Gasteiger partial charge in [-0.15, -0.1) is 0 Å². The van der Waals surface area contributed by atoms with Crippen molar-refractivity contribution in [2.24, 2.45) is 11.8 Å². The van der Waals surface area contributed by atoms with Crippen LogP contribution in [0.4, 0.5) is 17.6 Å². The van der Waals surface area contributed by atoms with Crippen LogP contribution in [0.1, 0.15) is 75.3 Å². The summed E-state index contributed by atoms with van der Waals surface area (Å²) in [4.78, 5) is 11.7. The lowest BCUT2D eigenvalue weighted by Crippen LogP contribution is -2.45. The van der Waals surface area contributed by atoms with Crippen molar-refractivity contribution in [3.63, 3.8) is 0 Å². The maximum atomic E-state index is 15.0. The maximum Gasteiger partial charge on any atom is 0.335 e. The van der Waals surface area contributed by atoms with Crippen molar-refractivity contribution >= 4 is 5.97 Å². The number of methoxy groups -OCH3 is 1. The Bertz CT molecular complexity index is 802. The molecule has 1 N–H and O–H groups in total. The number of rotatable bonds is 14. The van der Waals surface area contributed by atoms with Crippen molar-refractivity contribution in [1.29, 1.82) is 0 Å². The van der Waals surface area contributed by atoms with Crippen LogP contribution < -0.4 is 0 Å². The van der Waals surface area contributed by atoms with Gasteiger partial charge in [0.2, 0.25) is 0 Å². The zero-order valence-corrected chi connectivity index (χ0v) is 20.7. The molecule has 0 aliphatic heterocycles. The minimum atomic E-state index is -4.30. The molecule has 1 aromatic rings. The number of halogens is 4. The number of benzene rings is 1. The summed E-state index contributed by atoms with van der Waals surface area (Å²) in [7, 11) is 1.43. The number of alkyl halides is 4. The van der Waals surface area contributed by atoms with Gasteiger partial charge in [-0.3, -0.25) is 0 Å². The van der Waals surface area contributed by atoms with E-state index in [4.69, 9.17) is 14.6 Å². The van der Waals surface area contributed by atoms with Gasteiger partial charge in [0.25, 0.3) is 0 Å². The second-order valence-corrected chi connectivity index (χ2v) is 9.55. The number of carbonyl (C=O) groups is 1. The molecule has 2 rings (SSSR count). The van der Waals surface area contributed by atoms with Crippen LogP contribution in [-0.4, -0.2) is 43.9 Å². The Labute approximate surface area is 205 Å². The molecule has 0 amide bonds. The molecule has 0 radical (unpaired) electrons. The van der Waals surface area contributed by atoms with Gasteiger partial charge in [0.05, 0.1) is 18.8 Å². The quantitative estimate of drug-likeness (QED) is 0.134. The largest absolute Gasteiger partial charge is 0.462 e. The first-order chi connectivity index (χ1) is 16.6. The first-order valence-electron chi connectivity index (χ1n) is 12.4. The molecule has 35 heavy (non-hydrogen) atoms. The molecule has 1 atom stereocenters. The molecule has 0 spiro atoms. The van der Waals surface area contributed by atoms with Crippen LogP contribution in [0.3, 0.4) is 0 Å². The summed E-state index contributed by atoms with van der Waals surface area (Å²) < 4.78 is 70.4. The van der Waals surface area contributed by atoms with E-state index in [0.29, 0.717) is 24.3 Å². The van der Waals surface area contributed by atoms with E-state index in [0.717, 1.165) is 37.8 Å². The first kappa shape index (κ1) is 29.3. The Morgan fingerprint density at radius 3 is 2.26 bits per heavy atom. The molecular weight excluding hydrogens is 464 g/mol. The Hall–Kier alpha value is -1.93. The predicted octanol–water partition coefficient (Wildman–Crippen LogP) is 6.62. The summed E-state index contributed by atoms with van der Waals surface area (Å²) in [6.45, 7) is 4.91. The molecule has 0 aromatic heterocycles. The van der Waals surface area contributed by atoms with E-state index >= 15 is 17.6 Å². The highest BCUT2D eigenvalue weighted by Crippen LogP contribution is 2.52. The van der Waals surface area contributed by atoms with E-state index in [1.807, 2.05) is 0 Å². The minimum absolute atomic E-state index is 0.109. The maximum absolute atomic E-state index is 15.0. The van der Waals surface area contributed by atoms with Gasteiger partial charge in [-0.1, -0.05) is 63.5 Å². The van der Waals surface area contributed by atoms with E-state index in [1.165, 1.54) is 19.2 Å². The van der Waals surface area contributed by atoms with Crippen molar-refractivity contribution in [1.82, 2.24) is 0 Å². The first-order valence-corrected chi connectivity index (χ1v) is 12.4. The van der Waals surface area contributed by atoms with Gasteiger partial charge in [-0.25, -0.2) is 4.79 Å². The standard InChI is InChI=1S/C27H38F4O4/c1-4-5-6-7-20-8-12-23(13-9-20)26(28,29)27(30,31)24-14-10-21(11-15-24)22(17-34-3)18-35-25(33)19(2)16-32/h10-11,14-15,20,22-23,32H,2,4-9,12-13,16-18H2,1,3H3. The van der Waals surface area contributed by atoms with Crippen molar-refractivity contribution < 1.29 is 36.9 Å². The van der Waals surface area contributed by atoms with Gasteiger partial charge in [0, 0.05) is 24.5 Å². The number of aliphatic hydroxyl groups excluding tert-OH is 1. The van der Waals surface area contributed by atoms with Crippen molar-refractivity contribution in [3.8, 4) is 0 Å². The fraction of sp³-hybridized carbons (Fsp3) is 0.667. The van der Waals surface area contributed by atoms with E-state index in [-0.39, 0.29) is 31.6 Å². The number of hydrogen-bond donors (Lipinski definition) is 1. The Morgan fingerprint density at radius 1 is 1.09 bits per heavy atom. The lowest BCUT2D eigenvalue weighted by atomic mass is 9.75. The number of ether oxygens (including phenoxy) is 2. The molecule has 1 aliphatic carbocycles. The Kier molecular flexibility index (Phi) is 11.2. The number of hydrogen-bond acceptors (Lipinski definition) is 4. The van der Waals surface area contributed by atoms with E-state index in [9.17, 15) is 4.79 Å². The van der Waals surface area contributed by atoms with Gasteiger partial charge in [0.1, 0.15) is 6.61 Å². The molecular formula is C27H38F4O4. The highest BCUT2D eigenvalue weighted by molar-refractivity contribution is 5.87. The van der Waals surface area contributed by atoms with Crippen LogP contribution >= 0.6 is 0 Å². The molecule has 1 aromatic carbocycles. The third-order valence-corrected chi connectivity index (χ3v) is 7.00. The predicted molar refractivity (Wildman–Crippen MR) is 127 cm³/mol. The highest BCUT2D eigenvalue weighted by Gasteiger charge is 2.61. The van der Waals surface area contributed by atoms with Crippen molar-refractivity contribution in [2.75, 3.05) is 26.9 Å². The molecule has 1 fully saturated rings. The monoisotopic (exact) mass is 502 g/mol. The average molecular weight is 503 g/mol. The van der Waals surface area contributed by atoms with Crippen molar-refractivity contribution in [2.45, 2.75) is 76.1 Å². The number of esters is 1. The Morgan fingerprint density at radius 2 is 1.71 bits per heavy atom. The van der Waals surface area contributed by atoms with Crippen LogP contribution in [0.5, 0.6) is 0 Å². The lowest BCUT2D eigenvalue weighted by Gasteiger charge is -2.37. The summed E-state index contributed by atoms with van der Waals surface area (Å²) in [5, 5.41) is 8.96. The minimum Gasteiger partial charge on any atom is -0.462 e. The second kappa shape index (κ2) is 13.4. The molecule has 0 saturated heterocycles. The topological polar surface area (TPSA) is 55.8 Å². The summed E-state index contributed by atoms with van der Waals surface area (Å²) >= 11 is 0. The highest BCUT2D eigenvalue weighted by atomic mass is 19.3. The number of carbonyl (C=O) groups excluding carboxylic acids is 1. The molecule has 8 heteroatoms. The Balaban J connectivity index is 2.06. The van der Waals surface area contributed by atoms with E-state index in [2.05, 4.69) is 13.5 Å². The van der Waals surface area contributed by atoms with Gasteiger partial charge >= 0.3 is 17.8 Å². The third-order valence-electron chi connectivity index (χ3n) is 7.00. The number of unbranched alkanes of at least 4 members (excludes halogenated alkanes) is 2. The molecule has 0 bridgehead atoms. The molecule has 198 valence electrons.